The number of benzene rings is 2. The average molecular weight is 378 g/mol. The van der Waals surface area contributed by atoms with E-state index in [2.05, 4.69) is 6.07 Å². The Labute approximate surface area is 166 Å². The van der Waals surface area contributed by atoms with Crippen LogP contribution in [0.3, 0.4) is 0 Å². The van der Waals surface area contributed by atoms with Crippen molar-refractivity contribution in [2.24, 2.45) is 0 Å². The summed E-state index contributed by atoms with van der Waals surface area (Å²) in [5.41, 5.74) is 2.25. The summed E-state index contributed by atoms with van der Waals surface area (Å²) < 4.78 is 11.3. The lowest BCUT2D eigenvalue weighted by Gasteiger charge is -2.28. The molecule has 146 valence electrons. The maximum Gasteiger partial charge on any atom is 0.254 e. The van der Waals surface area contributed by atoms with Crippen molar-refractivity contribution in [1.82, 2.24) is 4.90 Å². The van der Waals surface area contributed by atoms with Crippen LogP contribution in [0.15, 0.2) is 48.5 Å². The van der Waals surface area contributed by atoms with E-state index in [0.717, 1.165) is 30.8 Å². The van der Waals surface area contributed by atoms with Gasteiger partial charge in [-0.1, -0.05) is 12.1 Å². The van der Waals surface area contributed by atoms with Gasteiger partial charge in [-0.2, -0.15) is 5.26 Å². The minimum Gasteiger partial charge on any atom is -0.491 e. The normalized spacial score (nSPS) is 17.0. The quantitative estimate of drug-likeness (QED) is 0.719. The van der Waals surface area contributed by atoms with Crippen molar-refractivity contribution < 1.29 is 14.3 Å². The highest BCUT2D eigenvalue weighted by Crippen LogP contribution is 2.24. The zero-order valence-corrected chi connectivity index (χ0v) is 16.4. The Morgan fingerprint density at radius 1 is 1.25 bits per heavy atom. The van der Waals surface area contributed by atoms with Gasteiger partial charge in [0.25, 0.3) is 5.91 Å². The van der Waals surface area contributed by atoms with Crippen LogP contribution in [0.5, 0.6) is 5.75 Å². The van der Waals surface area contributed by atoms with E-state index in [4.69, 9.17) is 14.7 Å². The summed E-state index contributed by atoms with van der Waals surface area (Å²) in [5.74, 6) is 0.722. The Bertz CT molecular complexity index is 818. The standard InChI is InChI=1S/C23H26N2O3/c1-3-25(17(2)19-8-6-18(15-24)7-9-19)23(26)20-10-12-21(13-11-20)28-16-22-5-4-14-27-22/h6-13,17,22H,3-5,14,16H2,1-2H3. The molecule has 2 aromatic carbocycles. The molecule has 0 spiro atoms. The van der Waals surface area contributed by atoms with Gasteiger partial charge in [-0.3, -0.25) is 4.79 Å². The number of carbonyl (C=O) groups excluding carboxylic acids is 1. The molecule has 2 atom stereocenters. The first-order valence-electron chi connectivity index (χ1n) is 9.78. The molecule has 3 rings (SSSR count). The van der Waals surface area contributed by atoms with E-state index in [-0.39, 0.29) is 18.1 Å². The smallest absolute Gasteiger partial charge is 0.254 e. The van der Waals surface area contributed by atoms with Gasteiger partial charge in [0.15, 0.2) is 0 Å². The number of nitriles is 1. The highest BCUT2D eigenvalue weighted by molar-refractivity contribution is 5.94. The van der Waals surface area contributed by atoms with Crippen LogP contribution in [0.4, 0.5) is 0 Å². The molecule has 0 N–H and O–H groups in total. The van der Waals surface area contributed by atoms with Crippen LogP contribution >= 0.6 is 0 Å². The summed E-state index contributed by atoms with van der Waals surface area (Å²) in [5, 5.41) is 8.95. The second-order valence-corrected chi connectivity index (χ2v) is 6.97. The molecule has 1 aliphatic heterocycles. The molecule has 0 bridgehead atoms. The SMILES string of the molecule is CCN(C(=O)c1ccc(OCC2CCCO2)cc1)C(C)c1ccc(C#N)cc1. The molecule has 0 aromatic heterocycles. The topological polar surface area (TPSA) is 62.6 Å². The summed E-state index contributed by atoms with van der Waals surface area (Å²) in [7, 11) is 0. The van der Waals surface area contributed by atoms with Gasteiger partial charge in [-0.15, -0.1) is 0 Å². The van der Waals surface area contributed by atoms with Crippen molar-refractivity contribution in [3.05, 3.63) is 65.2 Å². The molecular weight excluding hydrogens is 352 g/mol. The zero-order valence-electron chi connectivity index (χ0n) is 16.4. The molecule has 5 heteroatoms. The minimum absolute atomic E-state index is 0.0231. The number of ether oxygens (including phenoxy) is 2. The second kappa shape index (κ2) is 9.38. The van der Waals surface area contributed by atoms with Crippen LogP contribution in [0, 0.1) is 11.3 Å². The average Bonchev–Trinajstić information content (AvgIpc) is 3.26. The monoisotopic (exact) mass is 378 g/mol. The Morgan fingerprint density at radius 3 is 2.54 bits per heavy atom. The number of hydrogen-bond acceptors (Lipinski definition) is 4. The van der Waals surface area contributed by atoms with Crippen LogP contribution in [0.2, 0.25) is 0 Å². The largest absolute Gasteiger partial charge is 0.491 e. The van der Waals surface area contributed by atoms with E-state index in [1.54, 1.807) is 24.3 Å². The first-order valence-corrected chi connectivity index (χ1v) is 9.78. The van der Waals surface area contributed by atoms with E-state index in [0.29, 0.717) is 24.3 Å². The lowest BCUT2D eigenvalue weighted by molar-refractivity contribution is 0.0676. The number of nitrogens with zero attached hydrogens (tertiary/aromatic N) is 2. The molecule has 2 unspecified atom stereocenters. The van der Waals surface area contributed by atoms with Crippen molar-refractivity contribution in [2.75, 3.05) is 19.8 Å². The Hall–Kier alpha value is -2.84. The fraction of sp³-hybridized carbons (Fsp3) is 0.391. The second-order valence-electron chi connectivity index (χ2n) is 6.97. The molecule has 1 fully saturated rings. The number of rotatable bonds is 7. The third-order valence-corrected chi connectivity index (χ3v) is 5.15. The molecule has 0 aliphatic carbocycles. The van der Waals surface area contributed by atoms with Crippen molar-refractivity contribution in [3.8, 4) is 11.8 Å². The molecule has 0 saturated carbocycles. The van der Waals surface area contributed by atoms with Gasteiger partial charge in [0.05, 0.1) is 23.8 Å². The summed E-state index contributed by atoms with van der Waals surface area (Å²) in [6.45, 7) is 5.92. The molecule has 1 heterocycles. The first kappa shape index (κ1) is 19.9. The molecule has 2 aromatic rings. The molecule has 28 heavy (non-hydrogen) atoms. The van der Waals surface area contributed by atoms with Gasteiger partial charge in [0.2, 0.25) is 0 Å². The van der Waals surface area contributed by atoms with Gasteiger partial charge in [0, 0.05) is 18.7 Å². The molecule has 1 amide bonds. The maximum atomic E-state index is 13.0. The van der Waals surface area contributed by atoms with Crippen molar-refractivity contribution in [3.63, 3.8) is 0 Å². The van der Waals surface area contributed by atoms with Crippen LogP contribution in [-0.2, 0) is 4.74 Å². The molecule has 5 nitrogen and oxygen atoms in total. The van der Waals surface area contributed by atoms with Gasteiger partial charge in [0.1, 0.15) is 12.4 Å². The van der Waals surface area contributed by atoms with Crippen LogP contribution in [0.1, 0.15) is 54.2 Å². The van der Waals surface area contributed by atoms with E-state index >= 15 is 0 Å². The van der Waals surface area contributed by atoms with Crippen LogP contribution in [0.25, 0.3) is 0 Å². The lowest BCUT2D eigenvalue weighted by atomic mass is 10.0. The van der Waals surface area contributed by atoms with Crippen LogP contribution < -0.4 is 4.74 Å². The highest BCUT2D eigenvalue weighted by atomic mass is 16.5. The maximum absolute atomic E-state index is 13.0. The lowest BCUT2D eigenvalue weighted by Crippen LogP contribution is -2.33. The Kier molecular flexibility index (Phi) is 6.67. The third kappa shape index (κ3) is 4.71. The van der Waals surface area contributed by atoms with E-state index in [1.165, 1.54) is 0 Å². The van der Waals surface area contributed by atoms with Gasteiger partial charge in [-0.05, 0) is 68.7 Å². The van der Waals surface area contributed by atoms with Gasteiger partial charge in [-0.25, -0.2) is 0 Å². The molecule has 0 radical (unpaired) electrons. The number of carbonyl (C=O) groups is 1. The minimum atomic E-state index is -0.0827. The van der Waals surface area contributed by atoms with E-state index in [9.17, 15) is 4.79 Å². The predicted molar refractivity (Wildman–Crippen MR) is 107 cm³/mol. The van der Waals surface area contributed by atoms with Gasteiger partial charge >= 0.3 is 0 Å². The first-order chi connectivity index (χ1) is 13.6. The molecular formula is C23H26N2O3. The van der Waals surface area contributed by atoms with Crippen molar-refractivity contribution in [2.45, 2.75) is 38.8 Å². The van der Waals surface area contributed by atoms with E-state index < -0.39 is 0 Å². The fourth-order valence-corrected chi connectivity index (χ4v) is 3.43. The highest BCUT2D eigenvalue weighted by Gasteiger charge is 2.21. The molecule has 1 saturated heterocycles. The van der Waals surface area contributed by atoms with Crippen molar-refractivity contribution >= 4 is 5.91 Å². The van der Waals surface area contributed by atoms with Crippen LogP contribution in [-0.4, -0.2) is 36.7 Å². The summed E-state index contributed by atoms with van der Waals surface area (Å²) in [6, 6.07) is 16.7. The molecule has 1 aliphatic rings. The third-order valence-electron chi connectivity index (χ3n) is 5.15. The summed E-state index contributed by atoms with van der Waals surface area (Å²) in [4.78, 5) is 14.8. The zero-order chi connectivity index (χ0) is 19.9. The Balaban J connectivity index is 1.65. The summed E-state index contributed by atoms with van der Waals surface area (Å²) >= 11 is 0. The van der Waals surface area contributed by atoms with Gasteiger partial charge < -0.3 is 14.4 Å². The summed E-state index contributed by atoms with van der Waals surface area (Å²) in [6.07, 6.45) is 2.30. The number of hydrogen-bond donors (Lipinski definition) is 0. The van der Waals surface area contributed by atoms with E-state index in [1.807, 2.05) is 43.0 Å². The van der Waals surface area contributed by atoms with Crippen molar-refractivity contribution in [1.29, 1.82) is 5.26 Å². The Morgan fingerprint density at radius 2 is 1.96 bits per heavy atom. The fourth-order valence-electron chi connectivity index (χ4n) is 3.43. The number of amides is 1. The predicted octanol–water partition coefficient (Wildman–Crippen LogP) is 4.34.